The number of aromatic nitrogens is 1. The Morgan fingerprint density at radius 3 is 2.86 bits per heavy atom. The second-order valence-electron chi connectivity index (χ2n) is 4.23. The van der Waals surface area contributed by atoms with Gasteiger partial charge in [-0.1, -0.05) is 29.8 Å². The van der Waals surface area contributed by atoms with Gasteiger partial charge >= 0.3 is 0 Å². The SMILES string of the molecule is N#C/C(=C\c1cccc(Cl)c1)C(=O)NCc1ccccn1. The molecule has 5 heteroatoms. The Morgan fingerprint density at radius 2 is 2.19 bits per heavy atom. The van der Waals surface area contributed by atoms with Crippen LogP contribution in [0.15, 0.2) is 54.2 Å². The molecule has 0 radical (unpaired) electrons. The molecule has 1 amide bonds. The lowest BCUT2D eigenvalue weighted by atomic mass is 10.1. The number of nitrogens with one attached hydrogen (secondary N) is 1. The summed E-state index contributed by atoms with van der Waals surface area (Å²) >= 11 is 5.87. The maximum Gasteiger partial charge on any atom is 0.262 e. The predicted molar refractivity (Wildman–Crippen MR) is 81.1 cm³/mol. The van der Waals surface area contributed by atoms with Crippen molar-refractivity contribution in [2.24, 2.45) is 0 Å². The molecule has 21 heavy (non-hydrogen) atoms. The van der Waals surface area contributed by atoms with Crippen molar-refractivity contribution in [3.05, 3.63) is 70.5 Å². The zero-order valence-corrected chi connectivity index (χ0v) is 11.8. The number of halogens is 1. The number of amides is 1. The Kier molecular flexibility index (Phi) is 5.08. The fourth-order valence-corrected chi connectivity index (χ4v) is 1.88. The highest BCUT2D eigenvalue weighted by molar-refractivity contribution is 6.30. The number of nitrogens with zero attached hydrogens (tertiary/aromatic N) is 2. The lowest BCUT2D eigenvalue weighted by molar-refractivity contribution is -0.117. The van der Waals surface area contributed by atoms with Crippen LogP contribution in [0.4, 0.5) is 0 Å². The van der Waals surface area contributed by atoms with Gasteiger partial charge in [0.1, 0.15) is 11.6 Å². The van der Waals surface area contributed by atoms with E-state index >= 15 is 0 Å². The largest absolute Gasteiger partial charge is 0.346 e. The average molecular weight is 298 g/mol. The second-order valence-corrected chi connectivity index (χ2v) is 4.67. The first-order valence-electron chi connectivity index (χ1n) is 6.24. The number of benzene rings is 1. The molecule has 1 heterocycles. The van der Waals surface area contributed by atoms with Gasteiger partial charge in [0.15, 0.2) is 0 Å². The van der Waals surface area contributed by atoms with Crippen LogP contribution in [0, 0.1) is 11.3 Å². The Hall–Kier alpha value is -2.64. The van der Waals surface area contributed by atoms with E-state index < -0.39 is 5.91 Å². The van der Waals surface area contributed by atoms with Gasteiger partial charge in [-0.15, -0.1) is 0 Å². The lowest BCUT2D eigenvalue weighted by Crippen LogP contribution is -2.24. The van der Waals surface area contributed by atoms with E-state index in [0.717, 1.165) is 5.69 Å². The zero-order chi connectivity index (χ0) is 15.1. The van der Waals surface area contributed by atoms with E-state index in [4.69, 9.17) is 16.9 Å². The first-order valence-corrected chi connectivity index (χ1v) is 6.62. The summed E-state index contributed by atoms with van der Waals surface area (Å²) in [4.78, 5) is 16.1. The van der Waals surface area contributed by atoms with Crippen LogP contribution in [0.5, 0.6) is 0 Å². The minimum Gasteiger partial charge on any atom is -0.346 e. The van der Waals surface area contributed by atoms with E-state index in [1.165, 1.54) is 6.08 Å². The molecule has 1 aromatic carbocycles. The summed E-state index contributed by atoms with van der Waals surface area (Å²) in [5.41, 5.74) is 1.45. The molecule has 1 N–H and O–H groups in total. The number of rotatable bonds is 4. The van der Waals surface area contributed by atoms with Gasteiger partial charge in [-0.3, -0.25) is 9.78 Å². The summed E-state index contributed by atoms with van der Waals surface area (Å²) in [7, 11) is 0. The topological polar surface area (TPSA) is 65.8 Å². The molecule has 0 aliphatic rings. The summed E-state index contributed by atoms with van der Waals surface area (Å²) in [6.07, 6.45) is 3.15. The second kappa shape index (κ2) is 7.22. The molecule has 2 aromatic rings. The number of hydrogen-bond acceptors (Lipinski definition) is 3. The predicted octanol–water partition coefficient (Wildman–Crippen LogP) is 2.96. The molecule has 0 spiro atoms. The van der Waals surface area contributed by atoms with E-state index in [1.807, 2.05) is 12.1 Å². The quantitative estimate of drug-likeness (QED) is 0.697. The first kappa shape index (κ1) is 14.8. The van der Waals surface area contributed by atoms with Crippen LogP contribution in [-0.2, 0) is 11.3 Å². The van der Waals surface area contributed by atoms with E-state index in [2.05, 4.69) is 10.3 Å². The molecule has 4 nitrogen and oxygen atoms in total. The lowest BCUT2D eigenvalue weighted by Gasteiger charge is -2.03. The average Bonchev–Trinajstić information content (AvgIpc) is 2.51. The number of carbonyl (C=O) groups is 1. The van der Waals surface area contributed by atoms with Crippen molar-refractivity contribution in [3.63, 3.8) is 0 Å². The molecule has 0 fully saturated rings. The van der Waals surface area contributed by atoms with Crippen molar-refractivity contribution in [1.29, 1.82) is 5.26 Å². The number of nitriles is 1. The number of hydrogen-bond donors (Lipinski definition) is 1. The van der Waals surface area contributed by atoms with Gasteiger partial charge in [0.2, 0.25) is 0 Å². The van der Waals surface area contributed by atoms with E-state index in [-0.39, 0.29) is 12.1 Å². The van der Waals surface area contributed by atoms with Crippen molar-refractivity contribution in [2.45, 2.75) is 6.54 Å². The third-order valence-electron chi connectivity index (χ3n) is 2.68. The van der Waals surface area contributed by atoms with E-state index in [0.29, 0.717) is 10.6 Å². The van der Waals surface area contributed by atoms with Crippen molar-refractivity contribution >= 4 is 23.6 Å². The molecule has 0 bridgehead atoms. The van der Waals surface area contributed by atoms with Crippen LogP contribution in [0.1, 0.15) is 11.3 Å². The maximum absolute atomic E-state index is 12.0. The minimum absolute atomic E-state index is 0.0215. The summed E-state index contributed by atoms with van der Waals surface area (Å²) in [5.74, 6) is -0.442. The molecule has 104 valence electrons. The molecule has 0 aliphatic heterocycles. The minimum atomic E-state index is -0.442. The number of pyridine rings is 1. The highest BCUT2D eigenvalue weighted by Gasteiger charge is 2.09. The molecule has 0 atom stereocenters. The highest BCUT2D eigenvalue weighted by Crippen LogP contribution is 2.13. The Balaban J connectivity index is 2.07. The van der Waals surface area contributed by atoms with Gasteiger partial charge in [0.05, 0.1) is 12.2 Å². The maximum atomic E-state index is 12.0. The highest BCUT2D eigenvalue weighted by atomic mass is 35.5. The molecule has 0 unspecified atom stereocenters. The monoisotopic (exact) mass is 297 g/mol. The fraction of sp³-hybridized carbons (Fsp3) is 0.0625. The molecule has 0 saturated carbocycles. The fourth-order valence-electron chi connectivity index (χ4n) is 1.68. The zero-order valence-electron chi connectivity index (χ0n) is 11.1. The van der Waals surface area contributed by atoms with Crippen LogP contribution in [0.25, 0.3) is 6.08 Å². The third kappa shape index (κ3) is 4.44. The molecule has 0 aliphatic carbocycles. The van der Waals surface area contributed by atoms with Crippen LogP contribution < -0.4 is 5.32 Å². The summed E-state index contributed by atoms with van der Waals surface area (Å²) in [6, 6.07) is 14.3. The molecular formula is C16H12ClN3O. The Labute approximate surface area is 127 Å². The molecule has 1 aromatic heterocycles. The Bertz CT molecular complexity index is 705. The third-order valence-corrected chi connectivity index (χ3v) is 2.92. The van der Waals surface area contributed by atoms with Gasteiger partial charge < -0.3 is 5.32 Å². The van der Waals surface area contributed by atoms with E-state index in [9.17, 15) is 4.79 Å². The van der Waals surface area contributed by atoms with Crippen molar-refractivity contribution < 1.29 is 4.79 Å². The number of carbonyl (C=O) groups excluding carboxylic acids is 1. The van der Waals surface area contributed by atoms with Crippen molar-refractivity contribution in [2.75, 3.05) is 0 Å². The van der Waals surface area contributed by atoms with Gasteiger partial charge in [-0.2, -0.15) is 5.26 Å². The first-order chi connectivity index (χ1) is 10.2. The molecule has 0 saturated heterocycles. The van der Waals surface area contributed by atoms with Gasteiger partial charge in [0.25, 0.3) is 5.91 Å². The van der Waals surface area contributed by atoms with Crippen molar-refractivity contribution in [3.8, 4) is 6.07 Å². The normalized spacial score (nSPS) is 10.8. The van der Waals surface area contributed by atoms with Gasteiger partial charge in [-0.05, 0) is 35.9 Å². The summed E-state index contributed by atoms with van der Waals surface area (Å²) < 4.78 is 0. The van der Waals surface area contributed by atoms with Crippen LogP contribution in [-0.4, -0.2) is 10.9 Å². The summed E-state index contributed by atoms with van der Waals surface area (Å²) in [6.45, 7) is 0.272. The Morgan fingerprint density at radius 1 is 1.33 bits per heavy atom. The molecule has 2 rings (SSSR count). The standard InChI is InChI=1S/C16H12ClN3O/c17-14-5-3-4-12(9-14)8-13(10-18)16(21)20-11-15-6-1-2-7-19-15/h1-9H,11H2,(H,20,21)/b13-8+. The summed E-state index contributed by atoms with van der Waals surface area (Å²) in [5, 5.41) is 12.3. The van der Waals surface area contributed by atoms with Crippen LogP contribution >= 0.6 is 11.6 Å². The van der Waals surface area contributed by atoms with Crippen LogP contribution in [0.2, 0.25) is 5.02 Å². The van der Waals surface area contributed by atoms with Crippen LogP contribution in [0.3, 0.4) is 0 Å². The smallest absolute Gasteiger partial charge is 0.262 e. The molecular weight excluding hydrogens is 286 g/mol. The van der Waals surface area contributed by atoms with E-state index in [1.54, 1.807) is 42.6 Å². The van der Waals surface area contributed by atoms with Gasteiger partial charge in [0, 0.05) is 11.2 Å². The van der Waals surface area contributed by atoms with Crippen molar-refractivity contribution in [1.82, 2.24) is 10.3 Å². The van der Waals surface area contributed by atoms with Gasteiger partial charge in [-0.25, -0.2) is 0 Å².